The minimum Gasteiger partial charge on any atom is -0.270 e. The fourth-order valence-electron chi connectivity index (χ4n) is 2.40. The predicted octanol–water partition coefficient (Wildman–Crippen LogP) is 3.38. The number of imide groups is 1. The smallest absolute Gasteiger partial charge is 0.262 e. The maximum Gasteiger partial charge on any atom is 0.262 e. The van der Waals surface area contributed by atoms with Crippen molar-refractivity contribution < 1.29 is 9.59 Å². The molecule has 0 bridgehead atoms. The molecule has 2 aromatic carbocycles. The van der Waals surface area contributed by atoms with Gasteiger partial charge < -0.3 is 0 Å². The molecule has 2 amide bonds. The molecule has 0 radical (unpaired) electrons. The van der Waals surface area contributed by atoms with Crippen molar-refractivity contribution in [3.8, 4) is 0 Å². The minimum absolute atomic E-state index is 0.234. The number of rotatable bonds is 2. The second-order valence-corrected chi connectivity index (χ2v) is 5.19. The van der Waals surface area contributed by atoms with Gasteiger partial charge in [-0.05, 0) is 16.8 Å². The Labute approximate surface area is 118 Å². The van der Waals surface area contributed by atoms with Gasteiger partial charge in [-0.1, -0.05) is 46.3 Å². The first kappa shape index (κ1) is 12.1. The molecule has 0 fully saturated rings. The number of carbonyl (C=O) groups is 2. The highest BCUT2D eigenvalue weighted by Gasteiger charge is 2.36. The molecule has 0 aromatic heterocycles. The van der Waals surface area contributed by atoms with Crippen molar-refractivity contribution in [3.05, 3.63) is 58.6 Å². The van der Waals surface area contributed by atoms with E-state index in [1.165, 1.54) is 4.90 Å². The molecule has 0 N–H and O–H groups in total. The first-order valence-electron chi connectivity index (χ1n) is 5.83. The van der Waals surface area contributed by atoms with Crippen LogP contribution in [0.15, 0.2) is 47.5 Å². The lowest BCUT2D eigenvalue weighted by Gasteiger charge is -2.09. The standard InChI is InChI=1S/C15H10BrNO2/c1-2-7-17-14(18)11-8-12(16)9-5-3-4-6-10(9)13(11)15(17)19/h2-6,8H,1,7H2. The molecule has 0 aliphatic carbocycles. The van der Waals surface area contributed by atoms with Gasteiger partial charge in [0.2, 0.25) is 0 Å². The highest BCUT2D eigenvalue weighted by Crippen LogP contribution is 2.34. The van der Waals surface area contributed by atoms with Crippen LogP contribution in [-0.2, 0) is 0 Å². The lowest BCUT2D eigenvalue weighted by Crippen LogP contribution is -2.29. The van der Waals surface area contributed by atoms with Crippen molar-refractivity contribution in [2.75, 3.05) is 6.54 Å². The van der Waals surface area contributed by atoms with Crippen LogP contribution in [0.25, 0.3) is 10.8 Å². The third kappa shape index (κ3) is 1.64. The van der Waals surface area contributed by atoms with Gasteiger partial charge in [0.05, 0.1) is 11.1 Å². The van der Waals surface area contributed by atoms with Crippen LogP contribution in [0, 0.1) is 0 Å². The van der Waals surface area contributed by atoms with E-state index < -0.39 is 0 Å². The molecule has 0 saturated heterocycles. The van der Waals surface area contributed by atoms with Gasteiger partial charge in [-0.15, -0.1) is 6.58 Å². The monoisotopic (exact) mass is 315 g/mol. The molecule has 0 atom stereocenters. The largest absolute Gasteiger partial charge is 0.270 e. The highest BCUT2D eigenvalue weighted by molar-refractivity contribution is 9.10. The van der Waals surface area contributed by atoms with Crippen LogP contribution in [0.2, 0.25) is 0 Å². The molecular weight excluding hydrogens is 306 g/mol. The van der Waals surface area contributed by atoms with E-state index in [9.17, 15) is 9.59 Å². The molecule has 2 aromatic rings. The number of carbonyl (C=O) groups excluding carboxylic acids is 2. The lowest BCUT2D eigenvalue weighted by molar-refractivity contribution is 0.0672. The Morgan fingerprint density at radius 1 is 1.16 bits per heavy atom. The van der Waals surface area contributed by atoms with Crippen molar-refractivity contribution in [1.29, 1.82) is 0 Å². The van der Waals surface area contributed by atoms with E-state index in [-0.39, 0.29) is 18.4 Å². The van der Waals surface area contributed by atoms with E-state index >= 15 is 0 Å². The molecule has 3 rings (SSSR count). The van der Waals surface area contributed by atoms with Crippen LogP contribution in [0.5, 0.6) is 0 Å². The Kier molecular flexibility index (Phi) is 2.75. The van der Waals surface area contributed by atoms with Crippen molar-refractivity contribution in [1.82, 2.24) is 4.90 Å². The molecule has 1 aliphatic heterocycles. The number of hydrogen-bond donors (Lipinski definition) is 0. The van der Waals surface area contributed by atoms with Crippen LogP contribution in [-0.4, -0.2) is 23.3 Å². The number of fused-ring (bicyclic) bond motifs is 3. The average Bonchev–Trinajstić information content (AvgIpc) is 2.65. The van der Waals surface area contributed by atoms with E-state index in [0.717, 1.165) is 15.2 Å². The molecule has 0 saturated carbocycles. The fourth-order valence-corrected chi connectivity index (χ4v) is 2.97. The van der Waals surface area contributed by atoms with Gasteiger partial charge in [-0.3, -0.25) is 14.5 Å². The molecule has 1 aliphatic rings. The van der Waals surface area contributed by atoms with Gasteiger partial charge in [0, 0.05) is 11.0 Å². The Bertz CT molecular complexity index is 736. The maximum atomic E-state index is 12.4. The molecular formula is C15H10BrNO2. The molecule has 0 spiro atoms. The summed E-state index contributed by atoms with van der Waals surface area (Å²) < 4.78 is 0.823. The van der Waals surface area contributed by atoms with Crippen LogP contribution in [0.4, 0.5) is 0 Å². The molecule has 4 heteroatoms. The van der Waals surface area contributed by atoms with E-state index in [2.05, 4.69) is 22.5 Å². The Morgan fingerprint density at radius 2 is 1.84 bits per heavy atom. The maximum absolute atomic E-state index is 12.4. The van der Waals surface area contributed by atoms with E-state index in [1.54, 1.807) is 12.1 Å². The first-order chi connectivity index (χ1) is 9.15. The SMILES string of the molecule is C=CCN1C(=O)c2cc(Br)c3ccccc3c2C1=O. The Morgan fingerprint density at radius 3 is 2.53 bits per heavy atom. The number of benzene rings is 2. The van der Waals surface area contributed by atoms with Gasteiger partial charge in [0.25, 0.3) is 11.8 Å². The van der Waals surface area contributed by atoms with E-state index in [1.807, 2.05) is 24.3 Å². The zero-order chi connectivity index (χ0) is 13.6. The summed E-state index contributed by atoms with van der Waals surface area (Å²) in [4.78, 5) is 25.8. The molecule has 3 nitrogen and oxygen atoms in total. The lowest BCUT2D eigenvalue weighted by atomic mass is 10.0. The van der Waals surface area contributed by atoms with Crippen LogP contribution >= 0.6 is 15.9 Å². The zero-order valence-corrected chi connectivity index (χ0v) is 11.6. The quantitative estimate of drug-likeness (QED) is 0.629. The summed E-state index contributed by atoms with van der Waals surface area (Å²) in [6.07, 6.45) is 1.55. The summed E-state index contributed by atoms with van der Waals surface area (Å²) in [6.45, 7) is 3.81. The normalized spacial score (nSPS) is 14.1. The van der Waals surface area contributed by atoms with Crippen LogP contribution < -0.4 is 0 Å². The summed E-state index contributed by atoms with van der Waals surface area (Å²) in [7, 11) is 0. The van der Waals surface area contributed by atoms with Crippen molar-refractivity contribution in [3.63, 3.8) is 0 Å². The van der Waals surface area contributed by atoms with Crippen molar-refractivity contribution in [2.45, 2.75) is 0 Å². The number of hydrogen-bond acceptors (Lipinski definition) is 2. The number of nitrogens with zero attached hydrogens (tertiary/aromatic N) is 1. The van der Waals surface area contributed by atoms with Crippen LogP contribution in [0.1, 0.15) is 20.7 Å². The summed E-state index contributed by atoms with van der Waals surface area (Å²) in [5.74, 6) is -0.505. The summed E-state index contributed by atoms with van der Waals surface area (Å²) in [5, 5.41) is 1.74. The fraction of sp³-hybridized carbons (Fsp3) is 0.0667. The zero-order valence-electron chi connectivity index (χ0n) is 10.0. The summed E-state index contributed by atoms with van der Waals surface area (Å²) in [5.41, 5.74) is 0.947. The molecule has 0 unspecified atom stereocenters. The van der Waals surface area contributed by atoms with Gasteiger partial charge in [0.1, 0.15) is 0 Å². The van der Waals surface area contributed by atoms with Gasteiger partial charge >= 0.3 is 0 Å². The summed E-state index contributed by atoms with van der Waals surface area (Å²) in [6, 6.07) is 9.28. The molecule has 94 valence electrons. The summed E-state index contributed by atoms with van der Waals surface area (Å²) >= 11 is 3.45. The third-order valence-electron chi connectivity index (χ3n) is 3.24. The van der Waals surface area contributed by atoms with E-state index in [0.29, 0.717) is 11.1 Å². The van der Waals surface area contributed by atoms with Crippen LogP contribution in [0.3, 0.4) is 0 Å². The Balaban J connectivity index is 2.34. The van der Waals surface area contributed by atoms with Crippen molar-refractivity contribution >= 4 is 38.5 Å². The average molecular weight is 316 g/mol. The van der Waals surface area contributed by atoms with Gasteiger partial charge in [0.15, 0.2) is 0 Å². The van der Waals surface area contributed by atoms with E-state index in [4.69, 9.17) is 0 Å². The first-order valence-corrected chi connectivity index (χ1v) is 6.62. The third-order valence-corrected chi connectivity index (χ3v) is 3.90. The molecule has 1 heterocycles. The Hall–Kier alpha value is -1.94. The van der Waals surface area contributed by atoms with Crippen molar-refractivity contribution in [2.24, 2.45) is 0 Å². The van der Waals surface area contributed by atoms with Gasteiger partial charge in [-0.25, -0.2) is 0 Å². The molecule has 19 heavy (non-hydrogen) atoms. The van der Waals surface area contributed by atoms with Gasteiger partial charge in [-0.2, -0.15) is 0 Å². The minimum atomic E-state index is -0.258. The topological polar surface area (TPSA) is 37.4 Å². The second kappa shape index (κ2) is 4.31. The number of halogens is 1. The second-order valence-electron chi connectivity index (χ2n) is 4.34. The highest BCUT2D eigenvalue weighted by atomic mass is 79.9. The number of amides is 2. The predicted molar refractivity (Wildman–Crippen MR) is 77.2 cm³/mol.